The zero-order chi connectivity index (χ0) is 21.3. The van der Waals surface area contributed by atoms with Crippen molar-refractivity contribution in [2.45, 2.75) is 19.1 Å². The standard InChI is InChI=1S/C20H20ClF3N6/c1-12(13-3-2-4-14(9-13)20(22,23)24)26-19-16-10-15(30-7-5-25-6-8-30)11-17(21)18(16)27-29-28-19/h2-4,9-12,25H,5-8H2,1H3,(H,26,27,28)/t12-/m1/s1. The van der Waals surface area contributed by atoms with Crippen LogP contribution in [0.5, 0.6) is 0 Å². The molecule has 2 heterocycles. The fourth-order valence-electron chi connectivity index (χ4n) is 3.52. The molecule has 30 heavy (non-hydrogen) atoms. The summed E-state index contributed by atoms with van der Waals surface area (Å²) in [5, 5.41) is 19.5. The van der Waals surface area contributed by atoms with Crippen molar-refractivity contribution in [1.82, 2.24) is 20.7 Å². The Morgan fingerprint density at radius 2 is 1.90 bits per heavy atom. The summed E-state index contributed by atoms with van der Waals surface area (Å²) in [5.41, 5.74) is 1.23. The molecule has 1 saturated heterocycles. The van der Waals surface area contributed by atoms with Crippen LogP contribution in [-0.4, -0.2) is 41.6 Å². The third-order valence-corrected chi connectivity index (χ3v) is 5.43. The highest BCUT2D eigenvalue weighted by Gasteiger charge is 2.30. The van der Waals surface area contributed by atoms with Crippen LogP contribution >= 0.6 is 11.6 Å². The number of anilines is 2. The first-order valence-electron chi connectivity index (χ1n) is 9.55. The Morgan fingerprint density at radius 1 is 1.13 bits per heavy atom. The van der Waals surface area contributed by atoms with Gasteiger partial charge in [0, 0.05) is 31.9 Å². The molecule has 0 saturated carbocycles. The van der Waals surface area contributed by atoms with Gasteiger partial charge in [-0.1, -0.05) is 23.7 Å². The SMILES string of the molecule is C[C@@H](Nc1nnnc2c(Cl)cc(N3CCNCC3)cc12)c1cccc(C(F)(F)F)c1. The van der Waals surface area contributed by atoms with Gasteiger partial charge in [-0.25, -0.2) is 0 Å². The fourth-order valence-corrected chi connectivity index (χ4v) is 3.77. The van der Waals surface area contributed by atoms with Crippen molar-refractivity contribution in [1.29, 1.82) is 0 Å². The summed E-state index contributed by atoms with van der Waals surface area (Å²) in [5.74, 6) is 0.420. The largest absolute Gasteiger partial charge is 0.416 e. The van der Waals surface area contributed by atoms with Crippen LogP contribution in [0.2, 0.25) is 5.02 Å². The van der Waals surface area contributed by atoms with Gasteiger partial charge in [-0.05, 0) is 42.0 Å². The molecule has 1 aliphatic heterocycles. The predicted octanol–water partition coefficient (Wildman–Crippen LogP) is 4.28. The van der Waals surface area contributed by atoms with Gasteiger partial charge >= 0.3 is 6.18 Å². The molecule has 0 spiro atoms. The number of alkyl halides is 3. The minimum Gasteiger partial charge on any atom is -0.369 e. The number of nitrogens with one attached hydrogen (secondary N) is 2. The van der Waals surface area contributed by atoms with Crippen LogP contribution in [0.15, 0.2) is 36.4 Å². The van der Waals surface area contributed by atoms with E-state index >= 15 is 0 Å². The topological polar surface area (TPSA) is 66.0 Å². The number of benzene rings is 2. The molecule has 1 fully saturated rings. The molecule has 4 rings (SSSR count). The molecule has 0 aliphatic carbocycles. The van der Waals surface area contributed by atoms with Gasteiger partial charge in [0.25, 0.3) is 0 Å². The molecule has 3 aromatic rings. The van der Waals surface area contributed by atoms with Crippen LogP contribution in [0.1, 0.15) is 24.1 Å². The summed E-state index contributed by atoms with van der Waals surface area (Å²) in [6.07, 6.45) is -4.40. The number of nitrogens with zero attached hydrogens (tertiary/aromatic N) is 4. The lowest BCUT2D eigenvalue weighted by Crippen LogP contribution is -2.43. The zero-order valence-electron chi connectivity index (χ0n) is 16.2. The Hall–Kier alpha value is -2.65. The Labute approximate surface area is 176 Å². The minimum absolute atomic E-state index is 0.420. The van der Waals surface area contributed by atoms with Crippen LogP contribution in [-0.2, 0) is 6.18 Å². The zero-order valence-corrected chi connectivity index (χ0v) is 16.9. The van der Waals surface area contributed by atoms with Crippen molar-refractivity contribution >= 4 is 34.0 Å². The maximum Gasteiger partial charge on any atom is 0.416 e. The highest BCUT2D eigenvalue weighted by Crippen LogP contribution is 2.34. The van der Waals surface area contributed by atoms with Gasteiger partial charge in [0.2, 0.25) is 0 Å². The number of halogens is 4. The predicted molar refractivity (Wildman–Crippen MR) is 111 cm³/mol. The van der Waals surface area contributed by atoms with E-state index in [0.717, 1.165) is 44.0 Å². The van der Waals surface area contributed by atoms with E-state index in [0.29, 0.717) is 27.3 Å². The molecule has 0 radical (unpaired) electrons. The summed E-state index contributed by atoms with van der Waals surface area (Å²) in [4.78, 5) is 2.21. The van der Waals surface area contributed by atoms with E-state index < -0.39 is 17.8 Å². The lowest BCUT2D eigenvalue weighted by atomic mass is 10.0. The fraction of sp³-hybridized carbons (Fsp3) is 0.350. The lowest BCUT2D eigenvalue weighted by Gasteiger charge is -2.30. The van der Waals surface area contributed by atoms with E-state index in [9.17, 15) is 13.2 Å². The highest BCUT2D eigenvalue weighted by atomic mass is 35.5. The molecule has 0 unspecified atom stereocenters. The molecule has 0 amide bonds. The van der Waals surface area contributed by atoms with Gasteiger partial charge in [0.05, 0.1) is 22.0 Å². The quantitative estimate of drug-likeness (QED) is 0.636. The number of piperazine rings is 1. The summed E-state index contributed by atoms with van der Waals surface area (Å²) in [6, 6.07) is 8.58. The van der Waals surface area contributed by atoms with Gasteiger partial charge < -0.3 is 15.5 Å². The molecule has 158 valence electrons. The molecule has 10 heteroatoms. The van der Waals surface area contributed by atoms with Crippen LogP contribution < -0.4 is 15.5 Å². The van der Waals surface area contributed by atoms with Gasteiger partial charge in [0.15, 0.2) is 5.82 Å². The van der Waals surface area contributed by atoms with Crippen LogP contribution in [0, 0.1) is 0 Å². The summed E-state index contributed by atoms with van der Waals surface area (Å²) in [7, 11) is 0. The Morgan fingerprint density at radius 3 is 2.63 bits per heavy atom. The normalized spacial score (nSPS) is 16.0. The second-order valence-electron chi connectivity index (χ2n) is 7.19. The maximum absolute atomic E-state index is 13.1. The first-order valence-corrected chi connectivity index (χ1v) is 9.93. The first-order chi connectivity index (χ1) is 14.3. The molecule has 2 N–H and O–H groups in total. The highest BCUT2D eigenvalue weighted by molar-refractivity contribution is 6.35. The monoisotopic (exact) mass is 436 g/mol. The molecule has 2 aromatic carbocycles. The average molecular weight is 437 g/mol. The Bertz CT molecular complexity index is 1050. The summed E-state index contributed by atoms with van der Waals surface area (Å²) >= 11 is 6.45. The van der Waals surface area contributed by atoms with E-state index in [1.807, 2.05) is 12.1 Å². The number of fused-ring (bicyclic) bond motifs is 1. The Balaban J connectivity index is 1.68. The molecule has 6 nitrogen and oxygen atoms in total. The van der Waals surface area contributed by atoms with Crippen molar-refractivity contribution in [3.8, 4) is 0 Å². The summed E-state index contributed by atoms with van der Waals surface area (Å²) in [6.45, 7) is 5.21. The lowest BCUT2D eigenvalue weighted by molar-refractivity contribution is -0.137. The Kier molecular flexibility index (Phi) is 5.66. The average Bonchev–Trinajstić information content (AvgIpc) is 2.74. The van der Waals surface area contributed by atoms with Crippen LogP contribution in [0.25, 0.3) is 10.9 Å². The van der Waals surface area contributed by atoms with Gasteiger partial charge in [-0.15, -0.1) is 10.2 Å². The number of hydrogen-bond donors (Lipinski definition) is 2. The molecule has 1 atom stereocenters. The van der Waals surface area contributed by atoms with E-state index in [1.54, 1.807) is 13.0 Å². The number of aromatic nitrogens is 3. The number of hydrogen-bond acceptors (Lipinski definition) is 6. The third kappa shape index (κ3) is 4.27. The van der Waals surface area contributed by atoms with Crippen LogP contribution in [0.3, 0.4) is 0 Å². The smallest absolute Gasteiger partial charge is 0.369 e. The second-order valence-corrected chi connectivity index (χ2v) is 7.60. The van der Waals surface area contributed by atoms with Gasteiger partial charge in [-0.3, -0.25) is 0 Å². The second kappa shape index (κ2) is 8.23. The van der Waals surface area contributed by atoms with Crippen molar-refractivity contribution in [2.24, 2.45) is 0 Å². The minimum atomic E-state index is -4.40. The van der Waals surface area contributed by atoms with E-state index in [1.165, 1.54) is 6.07 Å². The maximum atomic E-state index is 13.1. The van der Waals surface area contributed by atoms with E-state index in [2.05, 4.69) is 30.9 Å². The molecule has 1 aliphatic rings. The summed E-state index contributed by atoms with van der Waals surface area (Å²) < 4.78 is 39.2. The van der Waals surface area contributed by atoms with Gasteiger partial charge in [0.1, 0.15) is 5.52 Å². The molecular formula is C20H20ClF3N6. The molecular weight excluding hydrogens is 417 g/mol. The number of rotatable bonds is 4. The van der Waals surface area contributed by atoms with Crippen molar-refractivity contribution in [2.75, 3.05) is 36.4 Å². The van der Waals surface area contributed by atoms with E-state index in [4.69, 9.17) is 11.6 Å². The van der Waals surface area contributed by atoms with Crippen LogP contribution in [0.4, 0.5) is 24.7 Å². The van der Waals surface area contributed by atoms with Gasteiger partial charge in [-0.2, -0.15) is 13.2 Å². The van der Waals surface area contributed by atoms with Crippen molar-refractivity contribution in [3.63, 3.8) is 0 Å². The van der Waals surface area contributed by atoms with Crippen molar-refractivity contribution in [3.05, 3.63) is 52.5 Å². The third-order valence-electron chi connectivity index (χ3n) is 5.14. The van der Waals surface area contributed by atoms with E-state index in [-0.39, 0.29) is 0 Å². The van der Waals surface area contributed by atoms with Crippen molar-refractivity contribution < 1.29 is 13.2 Å². The first kappa shape index (κ1) is 20.6. The molecule has 0 bridgehead atoms. The molecule has 1 aromatic heterocycles.